The molecule has 0 aliphatic heterocycles. The van der Waals surface area contributed by atoms with Crippen LogP contribution in [0.1, 0.15) is 55.4 Å². The van der Waals surface area contributed by atoms with Crippen LogP contribution < -0.4 is 0 Å². The Kier molecular flexibility index (Phi) is 8.66. The first-order chi connectivity index (χ1) is 10.7. The van der Waals surface area contributed by atoms with Crippen LogP contribution in [0.5, 0.6) is 0 Å². The molecule has 7 heteroatoms. The molecule has 0 fully saturated rings. The maximum Gasteiger partial charge on any atom is 0.368 e. The van der Waals surface area contributed by atoms with Crippen molar-refractivity contribution in [3.05, 3.63) is 0 Å². The van der Waals surface area contributed by atoms with Crippen molar-refractivity contribution in [1.29, 1.82) is 0 Å². The summed E-state index contributed by atoms with van der Waals surface area (Å²) in [7, 11) is -5.93. The Labute approximate surface area is 164 Å². The lowest BCUT2D eigenvalue weighted by atomic mass is 10.2. The van der Waals surface area contributed by atoms with Gasteiger partial charge in [0.1, 0.15) is 0 Å². The van der Waals surface area contributed by atoms with Gasteiger partial charge in [-0.15, -0.1) is 0 Å². The average Bonchev–Trinajstić information content (AvgIpc) is 2.32. The normalized spacial score (nSPS) is 15.4. The fourth-order valence-electron chi connectivity index (χ4n) is 1.58. The molecule has 0 rings (SSSR count). The molecule has 150 valence electrons. The van der Waals surface area contributed by atoms with E-state index in [1.807, 2.05) is 0 Å². The molecule has 0 spiro atoms. The summed E-state index contributed by atoms with van der Waals surface area (Å²) in [5.41, 5.74) is 0. The summed E-state index contributed by atoms with van der Waals surface area (Å²) in [6, 6.07) is 0. The first-order valence-corrected chi connectivity index (χ1v) is 19.0. The minimum atomic E-state index is -2.00. The zero-order chi connectivity index (χ0) is 20.5. The van der Waals surface area contributed by atoms with E-state index in [4.69, 9.17) is 12.7 Å². The van der Waals surface area contributed by atoms with Crippen LogP contribution in [-0.2, 0) is 12.7 Å². The van der Waals surface area contributed by atoms with Gasteiger partial charge in [0, 0.05) is 16.7 Å². The molecule has 2 radical (unpaired) electrons. The molecule has 0 aromatic carbocycles. The molecular formula is C18H44O3Si4. The van der Waals surface area contributed by atoms with E-state index in [-0.39, 0.29) is 15.1 Å². The highest BCUT2D eigenvalue weighted by Gasteiger charge is 2.50. The fourth-order valence-corrected chi connectivity index (χ4v) is 11.8. The maximum atomic E-state index is 6.92. The van der Waals surface area contributed by atoms with E-state index in [2.05, 4.69) is 94.7 Å². The number of hydrogen-bond acceptors (Lipinski definition) is 3. The van der Waals surface area contributed by atoms with E-state index in [1.165, 1.54) is 0 Å². The second-order valence-corrected chi connectivity index (χ2v) is 25.8. The van der Waals surface area contributed by atoms with Crippen LogP contribution in [0.15, 0.2) is 0 Å². The molecule has 25 heavy (non-hydrogen) atoms. The third-order valence-electron chi connectivity index (χ3n) is 5.47. The van der Waals surface area contributed by atoms with E-state index in [9.17, 15) is 0 Å². The highest BCUT2D eigenvalue weighted by atomic mass is 28.4. The molecular weight excluding hydrogens is 377 g/mol. The molecule has 0 saturated heterocycles. The Balaban J connectivity index is 5.46. The van der Waals surface area contributed by atoms with Crippen molar-refractivity contribution in [2.24, 2.45) is 0 Å². The van der Waals surface area contributed by atoms with Crippen molar-refractivity contribution < 1.29 is 12.7 Å². The smallest absolute Gasteiger partial charge is 0.368 e. The summed E-state index contributed by atoms with van der Waals surface area (Å²) >= 11 is 0. The lowest BCUT2D eigenvalue weighted by Crippen LogP contribution is -2.56. The lowest BCUT2D eigenvalue weighted by Gasteiger charge is -2.47. The molecule has 0 aliphatic carbocycles. The third kappa shape index (κ3) is 7.71. The summed E-state index contributed by atoms with van der Waals surface area (Å²) < 4.78 is 19.8. The molecule has 0 heterocycles. The standard InChI is InChI=1S/C18H44O3Si4/c1-16(2,3)23(20-24(11,12)17(4,5)6)21-25(13,14)18(7,8)15-19-22(9)10/h15H2,1-14H3. The van der Waals surface area contributed by atoms with E-state index in [0.29, 0.717) is 0 Å². The number of rotatable bonds is 8. The quantitative estimate of drug-likeness (QED) is 0.416. The van der Waals surface area contributed by atoms with Crippen LogP contribution in [0.25, 0.3) is 0 Å². The van der Waals surface area contributed by atoms with Gasteiger partial charge in [-0.05, 0) is 44.3 Å². The van der Waals surface area contributed by atoms with Crippen molar-refractivity contribution >= 4 is 35.0 Å². The predicted molar refractivity (Wildman–Crippen MR) is 120 cm³/mol. The molecule has 0 N–H and O–H groups in total. The highest BCUT2D eigenvalue weighted by Crippen LogP contribution is 2.44. The monoisotopic (exact) mass is 420 g/mol. The van der Waals surface area contributed by atoms with Gasteiger partial charge in [0.15, 0.2) is 16.6 Å². The molecule has 0 bridgehead atoms. The highest BCUT2D eigenvalue weighted by molar-refractivity contribution is 6.84. The van der Waals surface area contributed by atoms with Crippen molar-refractivity contribution in [2.45, 2.75) is 110 Å². The van der Waals surface area contributed by atoms with Crippen LogP contribution in [0.3, 0.4) is 0 Å². The minimum absolute atomic E-state index is 0.0475. The molecule has 0 aliphatic rings. The second kappa shape index (κ2) is 8.41. The Morgan fingerprint density at radius 1 is 0.720 bits per heavy atom. The maximum absolute atomic E-state index is 6.92. The van der Waals surface area contributed by atoms with Crippen molar-refractivity contribution in [3.8, 4) is 0 Å². The summed E-state index contributed by atoms with van der Waals surface area (Å²) in [4.78, 5) is 0. The fraction of sp³-hybridized carbons (Fsp3) is 1.00. The van der Waals surface area contributed by atoms with Gasteiger partial charge in [0.25, 0.3) is 0 Å². The lowest BCUT2D eigenvalue weighted by molar-refractivity contribution is 0.258. The van der Waals surface area contributed by atoms with Crippen LogP contribution in [0.2, 0.25) is 54.4 Å². The first-order valence-electron chi connectivity index (χ1n) is 9.41. The summed E-state index contributed by atoms with van der Waals surface area (Å²) in [5.74, 6) is 0. The van der Waals surface area contributed by atoms with Gasteiger partial charge >= 0.3 is 9.28 Å². The number of hydrogen-bond donors (Lipinski definition) is 0. The largest absolute Gasteiger partial charge is 0.435 e. The topological polar surface area (TPSA) is 27.7 Å². The van der Waals surface area contributed by atoms with Crippen LogP contribution in [-0.4, -0.2) is 41.6 Å². The SMILES string of the molecule is C[Si](C)OCC(C)(C)[Si](C)(C)O[Si](O[Si](C)(C)C(C)(C)C)C(C)(C)C. The molecule has 3 nitrogen and oxygen atoms in total. The van der Waals surface area contributed by atoms with Gasteiger partial charge in [0.05, 0.1) is 0 Å². The molecule has 0 aromatic rings. The van der Waals surface area contributed by atoms with Gasteiger partial charge in [-0.1, -0.05) is 55.4 Å². The van der Waals surface area contributed by atoms with Crippen molar-refractivity contribution in [2.75, 3.05) is 6.61 Å². The molecule has 0 amide bonds. The van der Waals surface area contributed by atoms with Gasteiger partial charge < -0.3 is 12.7 Å². The average molecular weight is 421 g/mol. The molecule has 0 unspecified atom stereocenters. The molecule has 0 aromatic heterocycles. The van der Waals surface area contributed by atoms with E-state index < -0.39 is 35.0 Å². The van der Waals surface area contributed by atoms with E-state index in [0.717, 1.165) is 6.61 Å². The van der Waals surface area contributed by atoms with Crippen LogP contribution in [0.4, 0.5) is 0 Å². The van der Waals surface area contributed by atoms with Crippen molar-refractivity contribution in [1.82, 2.24) is 0 Å². The minimum Gasteiger partial charge on any atom is -0.435 e. The van der Waals surface area contributed by atoms with Gasteiger partial charge in [-0.2, -0.15) is 0 Å². The summed E-state index contributed by atoms with van der Waals surface area (Å²) in [6.45, 7) is 32.8. The predicted octanol–water partition coefficient (Wildman–Crippen LogP) is 6.57. The zero-order valence-corrected chi connectivity index (χ0v) is 23.4. The van der Waals surface area contributed by atoms with E-state index >= 15 is 0 Å². The Hall–Kier alpha value is 0.748. The second-order valence-electron chi connectivity index (χ2n) is 11.1. The van der Waals surface area contributed by atoms with Crippen LogP contribution >= 0.6 is 0 Å². The Morgan fingerprint density at radius 2 is 1.12 bits per heavy atom. The van der Waals surface area contributed by atoms with E-state index in [1.54, 1.807) is 0 Å². The van der Waals surface area contributed by atoms with Crippen molar-refractivity contribution in [3.63, 3.8) is 0 Å². The third-order valence-corrected chi connectivity index (χ3v) is 20.0. The van der Waals surface area contributed by atoms with Gasteiger partial charge in [0.2, 0.25) is 9.04 Å². The molecule has 0 saturated carbocycles. The summed E-state index contributed by atoms with van der Waals surface area (Å²) in [5, 5.41) is 0.308. The van der Waals surface area contributed by atoms with Gasteiger partial charge in [-0.3, -0.25) is 0 Å². The zero-order valence-electron chi connectivity index (χ0n) is 19.4. The Bertz CT molecular complexity index is 421. The Morgan fingerprint density at radius 3 is 1.44 bits per heavy atom. The van der Waals surface area contributed by atoms with Gasteiger partial charge in [-0.25, -0.2) is 0 Å². The molecule has 0 atom stereocenters. The van der Waals surface area contributed by atoms with Crippen LogP contribution in [0, 0.1) is 0 Å². The first kappa shape index (κ1) is 25.7. The summed E-state index contributed by atoms with van der Waals surface area (Å²) in [6.07, 6.45) is 0.